The number of benzene rings is 1. The van der Waals surface area contributed by atoms with Gasteiger partial charge in [-0.25, -0.2) is 0 Å². The highest BCUT2D eigenvalue weighted by Gasteiger charge is 2.34. The molecule has 3 heterocycles. The molecule has 0 radical (unpaired) electrons. The van der Waals surface area contributed by atoms with Crippen molar-refractivity contribution in [2.45, 2.75) is 26.4 Å². The minimum Gasteiger partial charge on any atom is -0.373 e. The molecule has 136 valence electrons. The van der Waals surface area contributed by atoms with Crippen LogP contribution in [-0.4, -0.2) is 39.0 Å². The lowest BCUT2D eigenvalue weighted by Crippen LogP contribution is -2.31. The van der Waals surface area contributed by atoms with Crippen molar-refractivity contribution in [1.29, 1.82) is 0 Å². The van der Waals surface area contributed by atoms with Crippen LogP contribution in [0.25, 0.3) is 10.9 Å². The van der Waals surface area contributed by atoms with Crippen molar-refractivity contribution in [2.24, 2.45) is 13.0 Å². The zero-order valence-corrected chi connectivity index (χ0v) is 15.2. The van der Waals surface area contributed by atoms with Gasteiger partial charge in [0.1, 0.15) is 0 Å². The van der Waals surface area contributed by atoms with Gasteiger partial charge in [0, 0.05) is 42.8 Å². The van der Waals surface area contributed by atoms with E-state index in [1.807, 2.05) is 42.9 Å². The van der Waals surface area contributed by atoms with Gasteiger partial charge in [0.05, 0.1) is 17.3 Å². The number of fused-ring (bicyclic) bond motifs is 1. The molecule has 1 amide bonds. The normalized spacial score (nSPS) is 20.0. The Hall–Kier alpha value is -2.67. The van der Waals surface area contributed by atoms with Crippen LogP contribution in [-0.2, 0) is 11.8 Å². The highest BCUT2D eigenvalue weighted by atomic mass is 16.5. The van der Waals surface area contributed by atoms with Crippen LogP contribution >= 0.6 is 0 Å². The number of ether oxygens (including phenoxy) is 1. The number of nitrogens with zero attached hydrogens (tertiary/aromatic N) is 3. The monoisotopic (exact) mass is 353 g/mol. The topological polar surface area (TPSA) is 84.8 Å². The number of nitrogens with one attached hydrogen (secondary N) is 2. The van der Waals surface area contributed by atoms with E-state index in [4.69, 9.17) is 4.74 Å². The van der Waals surface area contributed by atoms with Crippen LogP contribution in [0.4, 0.5) is 0 Å². The molecule has 3 aromatic rings. The Morgan fingerprint density at radius 1 is 1.38 bits per heavy atom. The fraction of sp³-hybridized carbons (Fsp3) is 0.421. The summed E-state index contributed by atoms with van der Waals surface area (Å²) in [6.07, 6.45) is 0.889. The van der Waals surface area contributed by atoms with Crippen LogP contribution in [0.15, 0.2) is 24.3 Å². The number of amides is 1. The lowest BCUT2D eigenvalue weighted by molar-refractivity contribution is 0.0838. The first kappa shape index (κ1) is 16.8. The van der Waals surface area contributed by atoms with Crippen molar-refractivity contribution in [1.82, 2.24) is 25.3 Å². The fourth-order valence-corrected chi connectivity index (χ4v) is 3.81. The van der Waals surface area contributed by atoms with Gasteiger partial charge in [-0.05, 0) is 26.3 Å². The number of H-pyrrole nitrogens is 1. The van der Waals surface area contributed by atoms with Gasteiger partial charge in [0.25, 0.3) is 5.91 Å². The summed E-state index contributed by atoms with van der Waals surface area (Å²) in [7, 11) is 1.94. The second-order valence-electron chi connectivity index (χ2n) is 6.88. The zero-order chi connectivity index (χ0) is 18.3. The Morgan fingerprint density at radius 3 is 2.96 bits per heavy atom. The van der Waals surface area contributed by atoms with Gasteiger partial charge in [0.15, 0.2) is 5.69 Å². The van der Waals surface area contributed by atoms with E-state index in [9.17, 15) is 4.79 Å². The lowest BCUT2D eigenvalue weighted by Gasteiger charge is -2.19. The van der Waals surface area contributed by atoms with Crippen molar-refractivity contribution >= 4 is 16.8 Å². The fourth-order valence-electron chi connectivity index (χ4n) is 3.81. The van der Waals surface area contributed by atoms with Crippen LogP contribution in [0.2, 0.25) is 0 Å². The van der Waals surface area contributed by atoms with Crippen LogP contribution in [0.5, 0.6) is 0 Å². The number of carbonyl (C=O) groups excluding carboxylic acids is 1. The number of aryl methyl sites for hydroxylation is 2. The van der Waals surface area contributed by atoms with Crippen LogP contribution in [0.1, 0.15) is 40.0 Å². The van der Waals surface area contributed by atoms with E-state index < -0.39 is 0 Å². The molecule has 7 heteroatoms. The molecule has 2 atom stereocenters. The van der Waals surface area contributed by atoms with Crippen molar-refractivity contribution in [2.75, 3.05) is 13.2 Å². The molecule has 1 aliphatic heterocycles. The summed E-state index contributed by atoms with van der Waals surface area (Å²) in [6, 6.07) is 7.64. The second-order valence-corrected chi connectivity index (χ2v) is 6.88. The molecule has 2 N–H and O–H groups in total. The molecular weight excluding hydrogens is 330 g/mol. The first-order chi connectivity index (χ1) is 12.6. The van der Waals surface area contributed by atoms with E-state index in [1.165, 1.54) is 0 Å². The maximum atomic E-state index is 12.6. The van der Waals surface area contributed by atoms with E-state index in [0.29, 0.717) is 18.8 Å². The summed E-state index contributed by atoms with van der Waals surface area (Å²) in [6.45, 7) is 5.32. The number of hydrogen-bond donors (Lipinski definition) is 2. The highest BCUT2D eigenvalue weighted by Crippen LogP contribution is 2.37. The minimum absolute atomic E-state index is 0.0278. The van der Waals surface area contributed by atoms with Gasteiger partial charge in [-0.3, -0.25) is 14.6 Å². The van der Waals surface area contributed by atoms with Gasteiger partial charge in [-0.2, -0.15) is 10.2 Å². The third-order valence-electron chi connectivity index (χ3n) is 5.27. The number of aromatic nitrogens is 4. The summed E-state index contributed by atoms with van der Waals surface area (Å²) in [5, 5.41) is 15.4. The molecule has 7 nitrogen and oxygen atoms in total. The molecule has 0 unspecified atom stereocenters. The summed E-state index contributed by atoms with van der Waals surface area (Å²) in [4.78, 5) is 12.6. The van der Waals surface area contributed by atoms with Gasteiger partial charge < -0.3 is 10.1 Å². The predicted octanol–water partition coefficient (Wildman–Crippen LogP) is 2.42. The summed E-state index contributed by atoms with van der Waals surface area (Å²) in [5.74, 6) is 0.0680. The lowest BCUT2D eigenvalue weighted by atomic mass is 9.94. The quantitative estimate of drug-likeness (QED) is 0.754. The minimum atomic E-state index is -0.160. The SMILES string of the molecule is Cc1nn(C)c(C)c1[C@H]1OCC[C@@H]1CNC(=O)c1n[nH]c2ccccc12. The molecule has 0 bridgehead atoms. The maximum absolute atomic E-state index is 12.6. The van der Waals surface area contributed by atoms with Crippen molar-refractivity contribution < 1.29 is 9.53 Å². The zero-order valence-electron chi connectivity index (χ0n) is 15.2. The van der Waals surface area contributed by atoms with Crippen molar-refractivity contribution in [3.05, 3.63) is 46.9 Å². The number of rotatable bonds is 4. The van der Waals surface area contributed by atoms with Crippen LogP contribution in [0, 0.1) is 19.8 Å². The van der Waals surface area contributed by atoms with Gasteiger partial charge in [-0.15, -0.1) is 0 Å². The summed E-state index contributed by atoms with van der Waals surface area (Å²) >= 11 is 0. The van der Waals surface area contributed by atoms with Gasteiger partial charge in [0.2, 0.25) is 0 Å². The molecule has 2 aromatic heterocycles. The highest BCUT2D eigenvalue weighted by molar-refractivity contribution is 6.04. The second kappa shape index (κ2) is 6.57. The first-order valence-corrected chi connectivity index (χ1v) is 8.89. The van der Waals surface area contributed by atoms with Crippen molar-refractivity contribution in [3.8, 4) is 0 Å². The van der Waals surface area contributed by atoms with E-state index >= 15 is 0 Å². The molecule has 0 aliphatic carbocycles. The van der Waals surface area contributed by atoms with Gasteiger partial charge in [-0.1, -0.05) is 18.2 Å². The molecule has 1 saturated heterocycles. The molecule has 1 aromatic carbocycles. The van der Waals surface area contributed by atoms with Crippen LogP contribution in [0.3, 0.4) is 0 Å². The third-order valence-corrected chi connectivity index (χ3v) is 5.27. The Kier molecular flexibility index (Phi) is 4.24. The molecule has 0 saturated carbocycles. The predicted molar refractivity (Wildman–Crippen MR) is 97.9 cm³/mol. The number of para-hydroxylation sites is 1. The van der Waals surface area contributed by atoms with E-state index in [1.54, 1.807) is 0 Å². The third kappa shape index (κ3) is 2.78. The standard InChI is InChI=1S/C19H23N5O2/c1-11-16(12(2)24(3)23-11)18-13(8-9-26-18)10-20-19(25)17-14-6-4-5-7-15(14)21-22-17/h4-7,13,18H,8-10H2,1-3H3,(H,20,25)(H,21,22)/t13-,18+/m1/s1. The molecule has 4 rings (SSSR count). The molecule has 1 aliphatic rings. The number of hydrogen-bond acceptors (Lipinski definition) is 4. The average molecular weight is 353 g/mol. The Morgan fingerprint density at radius 2 is 2.19 bits per heavy atom. The average Bonchev–Trinajstić information content (AvgIpc) is 3.31. The number of carbonyl (C=O) groups is 1. The largest absolute Gasteiger partial charge is 0.373 e. The molecule has 0 spiro atoms. The Bertz CT molecular complexity index is 958. The number of aromatic amines is 1. The Balaban J connectivity index is 1.49. The first-order valence-electron chi connectivity index (χ1n) is 8.89. The molecule has 1 fully saturated rings. The van der Waals surface area contributed by atoms with E-state index in [0.717, 1.165) is 34.3 Å². The van der Waals surface area contributed by atoms with E-state index in [2.05, 4.69) is 27.5 Å². The molecular formula is C19H23N5O2. The van der Waals surface area contributed by atoms with Gasteiger partial charge >= 0.3 is 0 Å². The maximum Gasteiger partial charge on any atom is 0.272 e. The summed E-state index contributed by atoms with van der Waals surface area (Å²) in [5.41, 5.74) is 4.55. The summed E-state index contributed by atoms with van der Waals surface area (Å²) < 4.78 is 7.88. The van der Waals surface area contributed by atoms with E-state index in [-0.39, 0.29) is 17.9 Å². The smallest absolute Gasteiger partial charge is 0.272 e. The Labute approximate surface area is 151 Å². The van der Waals surface area contributed by atoms with Crippen LogP contribution < -0.4 is 5.32 Å². The van der Waals surface area contributed by atoms with Crippen molar-refractivity contribution in [3.63, 3.8) is 0 Å². The molecule has 26 heavy (non-hydrogen) atoms.